The topological polar surface area (TPSA) is 65.9 Å². The Kier molecular flexibility index (Phi) is 6.66. The van der Waals surface area contributed by atoms with Crippen molar-refractivity contribution in [1.82, 2.24) is 10.6 Å². The molecule has 28 heavy (non-hydrogen) atoms. The number of quaternary nitrogens is 1. The maximum atomic E-state index is 12.3. The van der Waals surface area contributed by atoms with Gasteiger partial charge in [0.1, 0.15) is 6.54 Å². The Morgan fingerprint density at radius 3 is 2.57 bits per heavy atom. The Balaban J connectivity index is 1.39. The summed E-state index contributed by atoms with van der Waals surface area (Å²) in [6.07, 6.45) is 0.334. The van der Waals surface area contributed by atoms with E-state index in [4.69, 9.17) is 0 Å². The lowest BCUT2D eigenvalue weighted by Crippen LogP contribution is -3.08. The third kappa shape index (κ3) is 5.57. The van der Waals surface area contributed by atoms with Crippen LogP contribution in [0.3, 0.4) is 0 Å². The lowest BCUT2D eigenvalue weighted by Gasteiger charge is -2.18. The monoisotopic (exact) mass is 381 g/mol. The van der Waals surface area contributed by atoms with Crippen LogP contribution >= 0.6 is 0 Å². The SMILES string of the molecule is Cc1ccc(N2C[C@H](NC(=O)NCC[NH+](C)Cc3ccccc3)CC2=O)cc1. The predicted molar refractivity (Wildman–Crippen MR) is 110 cm³/mol. The highest BCUT2D eigenvalue weighted by Crippen LogP contribution is 2.21. The minimum atomic E-state index is -0.212. The molecule has 1 aliphatic heterocycles. The molecule has 1 heterocycles. The van der Waals surface area contributed by atoms with Crippen molar-refractivity contribution in [2.24, 2.45) is 0 Å². The van der Waals surface area contributed by atoms with Crippen LogP contribution in [-0.2, 0) is 11.3 Å². The minimum absolute atomic E-state index is 0.0428. The van der Waals surface area contributed by atoms with Crippen molar-refractivity contribution in [2.75, 3.05) is 31.6 Å². The zero-order valence-corrected chi connectivity index (χ0v) is 16.6. The first-order chi connectivity index (χ1) is 13.5. The molecule has 6 nitrogen and oxygen atoms in total. The van der Waals surface area contributed by atoms with Crippen molar-refractivity contribution < 1.29 is 14.5 Å². The molecule has 3 rings (SSSR count). The summed E-state index contributed by atoms with van der Waals surface area (Å²) < 4.78 is 0. The number of anilines is 1. The molecule has 2 atom stereocenters. The van der Waals surface area contributed by atoms with Crippen molar-refractivity contribution in [3.05, 3.63) is 65.7 Å². The van der Waals surface area contributed by atoms with Gasteiger partial charge in [0.25, 0.3) is 0 Å². The average Bonchev–Trinajstić information content (AvgIpc) is 3.03. The third-order valence-corrected chi connectivity index (χ3v) is 4.99. The van der Waals surface area contributed by atoms with Crippen LogP contribution in [0.4, 0.5) is 10.5 Å². The molecule has 1 saturated heterocycles. The Labute approximate surface area is 166 Å². The van der Waals surface area contributed by atoms with Crippen molar-refractivity contribution >= 4 is 17.6 Å². The molecule has 0 aromatic heterocycles. The second-order valence-corrected chi connectivity index (χ2v) is 7.51. The van der Waals surface area contributed by atoms with Gasteiger partial charge in [-0.25, -0.2) is 4.79 Å². The van der Waals surface area contributed by atoms with E-state index in [1.807, 2.05) is 49.4 Å². The van der Waals surface area contributed by atoms with E-state index in [1.165, 1.54) is 10.5 Å². The molecule has 2 aromatic carbocycles. The van der Waals surface area contributed by atoms with E-state index < -0.39 is 0 Å². The number of likely N-dealkylation sites (N-methyl/N-ethyl adjacent to an activating group) is 1. The lowest BCUT2D eigenvalue weighted by molar-refractivity contribution is -0.892. The fraction of sp³-hybridized carbons (Fsp3) is 0.364. The summed E-state index contributed by atoms with van der Waals surface area (Å²) in [5.74, 6) is 0.0428. The van der Waals surface area contributed by atoms with Gasteiger partial charge in [-0.15, -0.1) is 0 Å². The number of carbonyl (C=O) groups is 2. The van der Waals surface area contributed by atoms with Crippen LogP contribution in [-0.4, -0.2) is 44.7 Å². The molecule has 1 aliphatic rings. The van der Waals surface area contributed by atoms with Crippen LogP contribution in [0.25, 0.3) is 0 Å². The van der Waals surface area contributed by atoms with Crippen LogP contribution < -0.4 is 20.4 Å². The van der Waals surface area contributed by atoms with Crippen LogP contribution in [0.5, 0.6) is 0 Å². The second kappa shape index (κ2) is 9.37. The first kappa shape index (κ1) is 19.9. The predicted octanol–water partition coefficient (Wildman–Crippen LogP) is 1.11. The van der Waals surface area contributed by atoms with E-state index >= 15 is 0 Å². The molecular weight excluding hydrogens is 352 g/mol. The molecule has 0 spiro atoms. The van der Waals surface area contributed by atoms with Gasteiger partial charge in [0.2, 0.25) is 5.91 Å². The maximum absolute atomic E-state index is 12.3. The van der Waals surface area contributed by atoms with Crippen LogP contribution in [0.15, 0.2) is 54.6 Å². The number of hydrogen-bond donors (Lipinski definition) is 3. The van der Waals surface area contributed by atoms with Gasteiger partial charge in [-0.2, -0.15) is 0 Å². The van der Waals surface area contributed by atoms with Gasteiger partial charge in [0, 0.05) is 24.2 Å². The standard InChI is InChI=1S/C22H28N4O2/c1-17-8-10-20(11-9-17)26-16-19(14-21(26)27)24-22(28)23-12-13-25(2)15-18-6-4-3-5-7-18/h3-11,19H,12-16H2,1-2H3,(H2,23,24,28)/p+1/t19-/m1/s1. The molecule has 0 bridgehead atoms. The third-order valence-electron chi connectivity index (χ3n) is 4.99. The van der Waals surface area contributed by atoms with Crippen molar-refractivity contribution in [1.29, 1.82) is 0 Å². The first-order valence-corrected chi connectivity index (χ1v) is 9.78. The number of nitrogens with zero attached hydrogens (tertiary/aromatic N) is 1. The molecule has 3 amide bonds. The second-order valence-electron chi connectivity index (χ2n) is 7.51. The molecule has 0 aliphatic carbocycles. The molecule has 0 saturated carbocycles. The molecule has 1 fully saturated rings. The number of amides is 3. The van der Waals surface area contributed by atoms with E-state index in [0.717, 1.165) is 24.3 Å². The Bertz CT molecular complexity index is 792. The van der Waals surface area contributed by atoms with E-state index in [-0.39, 0.29) is 18.0 Å². The van der Waals surface area contributed by atoms with Crippen molar-refractivity contribution in [3.63, 3.8) is 0 Å². The molecular formula is C22H29N4O2+. The highest BCUT2D eigenvalue weighted by molar-refractivity contribution is 5.96. The maximum Gasteiger partial charge on any atom is 0.315 e. The van der Waals surface area contributed by atoms with Gasteiger partial charge in [-0.05, 0) is 19.1 Å². The number of benzene rings is 2. The molecule has 0 radical (unpaired) electrons. The zero-order chi connectivity index (χ0) is 19.9. The van der Waals surface area contributed by atoms with Crippen LogP contribution in [0, 0.1) is 6.92 Å². The van der Waals surface area contributed by atoms with E-state index in [0.29, 0.717) is 19.5 Å². The largest absolute Gasteiger partial charge is 0.333 e. The van der Waals surface area contributed by atoms with Gasteiger partial charge >= 0.3 is 6.03 Å². The van der Waals surface area contributed by atoms with Gasteiger partial charge in [0.15, 0.2) is 0 Å². The number of urea groups is 1. The summed E-state index contributed by atoms with van der Waals surface area (Å²) in [7, 11) is 2.11. The lowest BCUT2D eigenvalue weighted by atomic mass is 10.2. The Morgan fingerprint density at radius 2 is 1.86 bits per heavy atom. The normalized spacial score (nSPS) is 17.4. The number of nitrogens with one attached hydrogen (secondary N) is 3. The highest BCUT2D eigenvalue weighted by Gasteiger charge is 2.31. The summed E-state index contributed by atoms with van der Waals surface area (Å²) in [5, 5.41) is 5.82. The number of carbonyl (C=O) groups excluding carboxylic acids is 2. The van der Waals surface area contributed by atoms with Gasteiger partial charge in [0.05, 0.1) is 26.2 Å². The summed E-state index contributed by atoms with van der Waals surface area (Å²) in [6.45, 7) is 4.87. The van der Waals surface area contributed by atoms with Crippen molar-refractivity contribution in [3.8, 4) is 0 Å². The van der Waals surface area contributed by atoms with E-state index in [1.54, 1.807) is 4.90 Å². The van der Waals surface area contributed by atoms with Gasteiger partial charge in [-0.1, -0.05) is 48.0 Å². The van der Waals surface area contributed by atoms with E-state index in [9.17, 15) is 9.59 Å². The Hall–Kier alpha value is -2.86. The molecule has 6 heteroatoms. The number of hydrogen-bond acceptors (Lipinski definition) is 2. The van der Waals surface area contributed by atoms with Gasteiger partial charge in [-0.3, -0.25) is 4.79 Å². The molecule has 1 unspecified atom stereocenters. The average molecular weight is 382 g/mol. The summed E-state index contributed by atoms with van der Waals surface area (Å²) in [4.78, 5) is 27.5. The summed E-state index contributed by atoms with van der Waals surface area (Å²) >= 11 is 0. The zero-order valence-electron chi connectivity index (χ0n) is 16.6. The quantitative estimate of drug-likeness (QED) is 0.673. The smallest absolute Gasteiger partial charge is 0.315 e. The summed E-state index contributed by atoms with van der Waals surface area (Å²) in [6, 6.07) is 17.8. The van der Waals surface area contributed by atoms with Crippen LogP contribution in [0.1, 0.15) is 17.5 Å². The minimum Gasteiger partial charge on any atom is -0.333 e. The molecule has 3 N–H and O–H groups in total. The number of rotatable bonds is 7. The fourth-order valence-corrected chi connectivity index (χ4v) is 3.44. The molecule has 148 valence electrons. The van der Waals surface area contributed by atoms with E-state index in [2.05, 4.69) is 29.8 Å². The van der Waals surface area contributed by atoms with Crippen molar-refractivity contribution in [2.45, 2.75) is 25.9 Å². The number of aryl methyl sites for hydroxylation is 1. The molecule has 2 aromatic rings. The first-order valence-electron chi connectivity index (χ1n) is 9.78. The van der Waals surface area contributed by atoms with Gasteiger partial charge < -0.3 is 20.4 Å². The highest BCUT2D eigenvalue weighted by atomic mass is 16.2. The van der Waals surface area contributed by atoms with Crippen LogP contribution in [0.2, 0.25) is 0 Å². The summed E-state index contributed by atoms with van der Waals surface area (Å²) in [5.41, 5.74) is 3.32. The Morgan fingerprint density at radius 1 is 1.14 bits per heavy atom. The fourth-order valence-electron chi connectivity index (χ4n) is 3.44.